The maximum atomic E-state index is 13.2. The lowest BCUT2D eigenvalue weighted by molar-refractivity contribution is 0.0945. The van der Waals surface area contributed by atoms with Crippen LogP contribution in [-0.4, -0.2) is 40.5 Å². The van der Waals surface area contributed by atoms with E-state index >= 15 is 0 Å². The van der Waals surface area contributed by atoms with Crippen LogP contribution in [0.1, 0.15) is 23.1 Å². The molecule has 1 aromatic carbocycles. The Morgan fingerprint density at radius 3 is 2.78 bits per heavy atom. The van der Waals surface area contributed by atoms with Gasteiger partial charge >= 0.3 is 0 Å². The second-order valence-corrected chi connectivity index (χ2v) is 5.34. The van der Waals surface area contributed by atoms with Gasteiger partial charge in [0.15, 0.2) is 5.69 Å². The first-order valence-electron chi connectivity index (χ1n) is 6.77. The average molecular weight is 362 g/mol. The van der Waals surface area contributed by atoms with E-state index in [-0.39, 0.29) is 35.1 Å². The number of rotatable bonds is 5. The number of benzene rings is 1. The molecule has 126 valence electrons. The minimum absolute atomic E-state index is 0. The van der Waals surface area contributed by atoms with Crippen molar-refractivity contribution in [1.82, 2.24) is 25.6 Å². The predicted octanol–water partition coefficient (Wildman–Crippen LogP) is 2.13. The molecule has 1 aromatic heterocycles. The first-order valence-corrected chi connectivity index (χ1v) is 7.15. The molecule has 2 rings (SSSR count). The molecule has 23 heavy (non-hydrogen) atoms. The van der Waals surface area contributed by atoms with Crippen LogP contribution in [0.15, 0.2) is 18.2 Å². The molecule has 0 fully saturated rings. The summed E-state index contributed by atoms with van der Waals surface area (Å²) in [6, 6.07) is 4.35. The third-order valence-corrected chi connectivity index (χ3v) is 3.61. The number of carbonyl (C=O) groups excluding carboxylic acids is 1. The van der Waals surface area contributed by atoms with Gasteiger partial charge in [0.25, 0.3) is 5.91 Å². The third-order valence-electron chi connectivity index (χ3n) is 3.32. The number of aromatic nitrogens is 3. The van der Waals surface area contributed by atoms with Crippen molar-refractivity contribution in [2.24, 2.45) is 0 Å². The molecular formula is C14H18Cl2FN5O. The summed E-state index contributed by atoms with van der Waals surface area (Å²) < 4.78 is 14.7. The van der Waals surface area contributed by atoms with Crippen LogP contribution in [-0.2, 0) is 0 Å². The van der Waals surface area contributed by atoms with Gasteiger partial charge in [-0.2, -0.15) is 0 Å². The number of halogens is 3. The fourth-order valence-electron chi connectivity index (χ4n) is 1.83. The van der Waals surface area contributed by atoms with E-state index in [1.165, 1.54) is 22.9 Å². The average Bonchev–Trinajstić information content (AvgIpc) is 2.89. The Labute approximate surface area is 144 Å². The van der Waals surface area contributed by atoms with Crippen LogP contribution in [0.4, 0.5) is 4.39 Å². The minimum Gasteiger partial charge on any atom is -0.349 e. The zero-order valence-electron chi connectivity index (χ0n) is 12.9. The predicted molar refractivity (Wildman–Crippen MR) is 89.2 cm³/mol. The standard InChI is InChI=1S/C14H17ClFN5O.ClH/c1-8(17-3)7-18-14(22)13-9(2)21(20-19-13)10-4-5-12(16)11(15)6-10;/h4-6,8,17H,7H2,1-3H3,(H,18,22);1H. The number of amides is 1. The molecule has 2 N–H and O–H groups in total. The van der Waals surface area contributed by atoms with Crippen molar-refractivity contribution >= 4 is 29.9 Å². The molecule has 1 unspecified atom stereocenters. The van der Waals surface area contributed by atoms with Crippen molar-refractivity contribution in [2.45, 2.75) is 19.9 Å². The van der Waals surface area contributed by atoms with E-state index in [1.807, 2.05) is 14.0 Å². The number of nitrogens with one attached hydrogen (secondary N) is 2. The van der Waals surface area contributed by atoms with Gasteiger partial charge in [-0.1, -0.05) is 16.8 Å². The Bertz CT molecular complexity index is 692. The van der Waals surface area contributed by atoms with Crippen LogP contribution < -0.4 is 10.6 Å². The fourth-order valence-corrected chi connectivity index (χ4v) is 2.01. The Balaban J connectivity index is 0.00000264. The smallest absolute Gasteiger partial charge is 0.273 e. The van der Waals surface area contributed by atoms with Crippen molar-refractivity contribution in [3.05, 3.63) is 40.4 Å². The monoisotopic (exact) mass is 361 g/mol. The number of hydrogen-bond donors (Lipinski definition) is 2. The van der Waals surface area contributed by atoms with Gasteiger partial charge in [0.05, 0.1) is 16.4 Å². The van der Waals surface area contributed by atoms with Gasteiger partial charge in [-0.15, -0.1) is 17.5 Å². The Morgan fingerprint density at radius 2 is 2.17 bits per heavy atom. The summed E-state index contributed by atoms with van der Waals surface area (Å²) in [5.41, 5.74) is 1.32. The molecule has 2 aromatic rings. The molecule has 0 spiro atoms. The summed E-state index contributed by atoms with van der Waals surface area (Å²) in [5, 5.41) is 13.6. The van der Waals surface area contributed by atoms with Crippen molar-refractivity contribution in [1.29, 1.82) is 0 Å². The van der Waals surface area contributed by atoms with Gasteiger partial charge in [0.1, 0.15) is 5.82 Å². The van der Waals surface area contributed by atoms with Crippen molar-refractivity contribution < 1.29 is 9.18 Å². The zero-order chi connectivity index (χ0) is 16.3. The van der Waals surface area contributed by atoms with Gasteiger partial charge in [-0.25, -0.2) is 9.07 Å². The quantitative estimate of drug-likeness (QED) is 0.855. The van der Waals surface area contributed by atoms with E-state index in [2.05, 4.69) is 20.9 Å². The molecule has 0 saturated carbocycles. The summed E-state index contributed by atoms with van der Waals surface area (Å²) >= 11 is 5.76. The number of hydrogen-bond acceptors (Lipinski definition) is 4. The second kappa shape index (κ2) is 8.24. The van der Waals surface area contributed by atoms with Gasteiger partial charge in [0, 0.05) is 12.6 Å². The lowest BCUT2D eigenvalue weighted by Gasteiger charge is -2.10. The van der Waals surface area contributed by atoms with Gasteiger partial charge in [-0.05, 0) is 39.1 Å². The zero-order valence-corrected chi connectivity index (χ0v) is 14.5. The fraction of sp³-hybridized carbons (Fsp3) is 0.357. The lowest BCUT2D eigenvalue weighted by atomic mass is 10.2. The molecule has 0 radical (unpaired) electrons. The van der Waals surface area contributed by atoms with Gasteiger partial charge in [-0.3, -0.25) is 4.79 Å². The topological polar surface area (TPSA) is 71.8 Å². The Hall–Kier alpha value is -1.70. The molecule has 0 aliphatic carbocycles. The molecule has 6 nitrogen and oxygen atoms in total. The van der Waals surface area contributed by atoms with Crippen LogP contribution in [0.5, 0.6) is 0 Å². The maximum Gasteiger partial charge on any atom is 0.273 e. The van der Waals surface area contributed by atoms with Crippen LogP contribution in [0.2, 0.25) is 5.02 Å². The Kier molecular flexibility index (Phi) is 6.93. The third kappa shape index (κ3) is 4.40. The maximum absolute atomic E-state index is 13.2. The first kappa shape index (κ1) is 19.3. The van der Waals surface area contributed by atoms with Gasteiger partial charge < -0.3 is 10.6 Å². The summed E-state index contributed by atoms with van der Waals surface area (Å²) in [7, 11) is 1.82. The number of carbonyl (C=O) groups is 1. The molecule has 0 aliphatic rings. The highest BCUT2D eigenvalue weighted by Gasteiger charge is 2.18. The summed E-state index contributed by atoms with van der Waals surface area (Å²) in [6.07, 6.45) is 0. The molecule has 0 saturated heterocycles. The molecule has 0 bridgehead atoms. The Morgan fingerprint density at radius 1 is 1.48 bits per heavy atom. The molecule has 1 amide bonds. The van der Waals surface area contributed by atoms with Crippen LogP contribution in [0.25, 0.3) is 5.69 Å². The van der Waals surface area contributed by atoms with E-state index in [0.29, 0.717) is 17.9 Å². The van der Waals surface area contributed by atoms with Crippen LogP contribution >= 0.6 is 24.0 Å². The van der Waals surface area contributed by atoms with Crippen molar-refractivity contribution in [3.8, 4) is 5.69 Å². The highest BCUT2D eigenvalue weighted by Crippen LogP contribution is 2.20. The summed E-state index contributed by atoms with van der Waals surface area (Å²) in [5.74, 6) is -0.818. The van der Waals surface area contributed by atoms with Crippen LogP contribution in [0.3, 0.4) is 0 Å². The minimum atomic E-state index is -0.512. The van der Waals surface area contributed by atoms with Gasteiger partial charge in [0.2, 0.25) is 0 Å². The molecule has 1 atom stereocenters. The molecule has 9 heteroatoms. The highest BCUT2D eigenvalue weighted by molar-refractivity contribution is 6.30. The number of likely N-dealkylation sites (N-methyl/N-ethyl adjacent to an activating group) is 1. The van der Waals surface area contributed by atoms with Crippen molar-refractivity contribution in [2.75, 3.05) is 13.6 Å². The van der Waals surface area contributed by atoms with E-state index in [9.17, 15) is 9.18 Å². The molecule has 1 heterocycles. The number of nitrogens with zero attached hydrogens (tertiary/aromatic N) is 3. The van der Waals surface area contributed by atoms with E-state index < -0.39 is 5.82 Å². The van der Waals surface area contributed by atoms with Crippen molar-refractivity contribution in [3.63, 3.8) is 0 Å². The van der Waals surface area contributed by atoms with E-state index in [0.717, 1.165) is 0 Å². The molecular weight excluding hydrogens is 344 g/mol. The van der Waals surface area contributed by atoms with E-state index in [1.54, 1.807) is 6.92 Å². The summed E-state index contributed by atoms with van der Waals surface area (Å²) in [4.78, 5) is 12.1. The largest absolute Gasteiger partial charge is 0.349 e. The first-order chi connectivity index (χ1) is 10.4. The molecule has 0 aliphatic heterocycles. The van der Waals surface area contributed by atoms with Crippen LogP contribution in [0, 0.1) is 12.7 Å². The summed E-state index contributed by atoms with van der Waals surface area (Å²) in [6.45, 7) is 4.14. The lowest BCUT2D eigenvalue weighted by Crippen LogP contribution is -2.37. The van der Waals surface area contributed by atoms with E-state index in [4.69, 9.17) is 11.6 Å². The highest BCUT2D eigenvalue weighted by atomic mass is 35.5. The second-order valence-electron chi connectivity index (χ2n) is 4.93. The SMILES string of the molecule is CNC(C)CNC(=O)c1nnn(-c2ccc(F)c(Cl)c2)c1C.Cl. The normalized spacial score (nSPS) is 11.7.